The minimum absolute atomic E-state index is 0.111. The lowest BCUT2D eigenvalue weighted by Crippen LogP contribution is -2.25. The molecule has 8 bridgehead atoms. The molecule has 0 fully saturated rings. The standard InChI is InChI=1S/C100H122N4O6/c1-7-13-19-25-29-37-69-107-91-45-41-46-92(108-70-38-30-26-20-14-8-2)97(91)95-87-63-59-83(101-87)79(57-51-74-49-54-76(55-50-74)99(105)106)84-60-64-88(102-84)96(98-93(109-71-39-31-27-21-15-9-3)47-42-48-94(98)110-72-40-32-28-22-16-10-4)90-66-62-86(104-90)80(85-61-65-89(95)103-85)58-53-75-52-56-78-77-43-33-34-44-81(77)100(82(78)73-75,67-35-23-17-11-5)68-36-24-18-12-6/h33-34,41-50,52,54-56,59-66,73,101,104H,7-32,35-40,67-72H2,1-6H3,(H,105,106). The molecular weight excluding hydrogens is 1350 g/mol. The summed E-state index contributed by atoms with van der Waals surface area (Å²) in [6.45, 7) is 15.9. The van der Waals surface area contributed by atoms with Gasteiger partial charge >= 0.3 is 5.97 Å². The molecule has 578 valence electrons. The van der Waals surface area contributed by atoms with Crippen molar-refractivity contribution in [2.75, 3.05) is 26.4 Å². The van der Waals surface area contributed by atoms with Crippen molar-refractivity contribution in [1.82, 2.24) is 19.9 Å². The van der Waals surface area contributed by atoms with Gasteiger partial charge in [-0.3, -0.25) is 0 Å². The molecule has 2 aliphatic heterocycles. The van der Waals surface area contributed by atoms with E-state index in [4.69, 9.17) is 28.9 Å². The molecule has 11 rings (SSSR count). The van der Waals surface area contributed by atoms with Gasteiger partial charge in [0.1, 0.15) is 23.0 Å². The van der Waals surface area contributed by atoms with E-state index in [-0.39, 0.29) is 11.0 Å². The lowest BCUT2D eigenvalue weighted by Gasteiger charge is -2.33. The van der Waals surface area contributed by atoms with Gasteiger partial charge in [-0.1, -0.05) is 287 Å². The first-order chi connectivity index (χ1) is 54.2. The van der Waals surface area contributed by atoms with Crippen molar-refractivity contribution < 1.29 is 28.8 Å². The molecule has 10 heteroatoms. The number of rotatable bonds is 45. The fourth-order valence-corrected chi connectivity index (χ4v) is 16.1. The molecule has 110 heavy (non-hydrogen) atoms. The maximum atomic E-state index is 12.1. The van der Waals surface area contributed by atoms with Crippen molar-refractivity contribution in [2.24, 2.45) is 0 Å². The van der Waals surface area contributed by atoms with E-state index in [1.165, 1.54) is 176 Å². The van der Waals surface area contributed by atoms with Gasteiger partial charge in [0.2, 0.25) is 0 Å². The molecule has 10 nitrogen and oxygen atoms in total. The Kier molecular flexibility index (Phi) is 32.0. The number of aromatic nitrogens is 4. The van der Waals surface area contributed by atoms with Crippen molar-refractivity contribution in [3.05, 3.63) is 189 Å². The second-order valence-corrected chi connectivity index (χ2v) is 30.6. The van der Waals surface area contributed by atoms with Crippen molar-refractivity contribution >= 4 is 52.3 Å². The zero-order valence-corrected chi connectivity index (χ0v) is 67.2. The molecule has 8 aromatic rings. The number of H-pyrrole nitrogens is 2. The molecule has 0 saturated carbocycles. The SMILES string of the molecule is CCCCCCCCOc1cccc(OCCCCCCCC)c1-c1c2nc(c(C#Cc3ccc4c(c3)C(CCCCCC)(CCCCCC)c3ccccc3-4)c3ccc([nH]3)c(-c3c(OCCCCCCCC)cccc3OCCCCCCCC)c3nc(c(C#Cc4ccc(C(=O)O)cc4)c4ccc1[nH]4)C=C3)C=C2. The number of aromatic amines is 2. The molecule has 3 aromatic heterocycles. The van der Waals surface area contributed by atoms with Gasteiger partial charge in [-0.25, -0.2) is 14.8 Å². The number of nitrogens with one attached hydrogen (secondary N) is 2. The highest BCUT2D eigenvalue weighted by Crippen LogP contribution is 2.55. The van der Waals surface area contributed by atoms with Crippen LogP contribution in [-0.4, -0.2) is 57.4 Å². The molecule has 0 amide bonds. The van der Waals surface area contributed by atoms with Crippen LogP contribution in [0.4, 0.5) is 0 Å². The Morgan fingerprint density at radius 2 is 0.700 bits per heavy atom. The Bertz CT molecular complexity index is 4510. The van der Waals surface area contributed by atoms with Gasteiger partial charge in [0.25, 0.3) is 0 Å². The third-order valence-corrected chi connectivity index (χ3v) is 22.2. The average Bonchev–Trinajstić information content (AvgIpc) is 1.57. The number of ether oxygens (including phenoxy) is 4. The molecule has 0 radical (unpaired) electrons. The van der Waals surface area contributed by atoms with Gasteiger partial charge in [0.15, 0.2) is 0 Å². The number of carbonyl (C=O) groups is 1. The summed E-state index contributed by atoms with van der Waals surface area (Å²) in [5, 5.41) is 9.94. The molecule has 5 heterocycles. The van der Waals surface area contributed by atoms with E-state index in [0.29, 0.717) is 60.3 Å². The molecule has 0 atom stereocenters. The fraction of sp³-hybridized carbons (Fsp3) is 0.450. The first kappa shape index (κ1) is 81.5. The predicted octanol–water partition coefficient (Wildman–Crippen LogP) is 27.7. The Morgan fingerprint density at radius 1 is 0.345 bits per heavy atom. The quantitative estimate of drug-likeness (QED) is 0.0254. The molecule has 3 aliphatic rings. The fourth-order valence-electron chi connectivity index (χ4n) is 16.1. The molecule has 0 spiro atoms. The normalized spacial score (nSPS) is 12.3. The van der Waals surface area contributed by atoms with E-state index in [1.807, 2.05) is 0 Å². The minimum Gasteiger partial charge on any atom is -0.493 e. The number of hydrogen-bond donors (Lipinski definition) is 3. The zero-order valence-electron chi connectivity index (χ0n) is 67.2. The first-order valence-electron chi connectivity index (χ1n) is 42.8. The van der Waals surface area contributed by atoms with Crippen molar-refractivity contribution in [2.45, 2.75) is 265 Å². The van der Waals surface area contributed by atoms with Crippen molar-refractivity contribution in [3.63, 3.8) is 0 Å². The summed E-state index contributed by atoms with van der Waals surface area (Å²) in [6.07, 6.45) is 47.6. The van der Waals surface area contributed by atoms with Gasteiger partial charge < -0.3 is 34.0 Å². The number of unbranched alkanes of at least 4 members (excludes halogenated alkanes) is 26. The number of hydrogen-bond acceptors (Lipinski definition) is 7. The van der Waals surface area contributed by atoms with Crippen LogP contribution in [0, 0.1) is 23.7 Å². The second-order valence-electron chi connectivity index (χ2n) is 30.6. The van der Waals surface area contributed by atoms with Crippen LogP contribution in [0.25, 0.3) is 79.8 Å². The Labute approximate surface area is 658 Å². The van der Waals surface area contributed by atoms with E-state index in [9.17, 15) is 9.90 Å². The Morgan fingerprint density at radius 3 is 1.12 bits per heavy atom. The summed E-state index contributed by atoms with van der Waals surface area (Å²) in [4.78, 5) is 31.6. The number of carboxylic acid groups (broad SMARTS) is 1. The van der Waals surface area contributed by atoms with Gasteiger partial charge in [0.05, 0.1) is 88.1 Å². The monoisotopic (exact) mass is 1470 g/mol. The average molecular weight is 1480 g/mol. The van der Waals surface area contributed by atoms with E-state index in [0.717, 1.165) is 143 Å². The third kappa shape index (κ3) is 21.5. The summed E-state index contributed by atoms with van der Waals surface area (Å²) >= 11 is 0. The number of benzene rings is 5. The topological polar surface area (TPSA) is 132 Å². The van der Waals surface area contributed by atoms with E-state index in [2.05, 4.69) is 203 Å². The van der Waals surface area contributed by atoms with Crippen LogP contribution in [0.5, 0.6) is 23.0 Å². The maximum absolute atomic E-state index is 12.1. The number of nitrogens with zero attached hydrogens (tertiary/aromatic N) is 2. The second kappa shape index (κ2) is 43.2. The number of aromatic carboxylic acids is 1. The van der Waals surface area contributed by atoms with Gasteiger partial charge in [-0.05, 0) is 170 Å². The largest absolute Gasteiger partial charge is 0.493 e. The minimum atomic E-state index is -0.995. The third-order valence-electron chi connectivity index (χ3n) is 22.2. The number of fused-ring (bicyclic) bond motifs is 11. The van der Waals surface area contributed by atoms with E-state index in [1.54, 1.807) is 24.3 Å². The van der Waals surface area contributed by atoms with Gasteiger partial charge in [-0.15, -0.1) is 0 Å². The summed E-state index contributed by atoms with van der Waals surface area (Å²) in [5.41, 5.74) is 17.8. The molecule has 1 aliphatic carbocycles. The summed E-state index contributed by atoms with van der Waals surface area (Å²) in [6, 6.07) is 43.9. The zero-order chi connectivity index (χ0) is 76.5. The van der Waals surface area contributed by atoms with Crippen LogP contribution in [0.1, 0.15) is 326 Å². The van der Waals surface area contributed by atoms with Gasteiger partial charge in [-0.2, -0.15) is 0 Å². The van der Waals surface area contributed by atoms with Crippen LogP contribution < -0.4 is 18.9 Å². The van der Waals surface area contributed by atoms with Crippen LogP contribution in [-0.2, 0) is 5.41 Å². The highest BCUT2D eigenvalue weighted by atomic mass is 16.5. The summed E-state index contributed by atoms with van der Waals surface area (Å²) in [7, 11) is 0. The predicted molar refractivity (Wildman–Crippen MR) is 461 cm³/mol. The Balaban J connectivity index is 1.19. The molecule has 5 aromatic carbocycles. The number of carboxylic acids is 1. The molecular formula is C100H122N4O6. The molecule has 0 saturated heterocycles. The molecule has 0 unspecified atom stereocenters. The highest BCUT2D eigenvalue weighted by Gasteiger charge is 2.42. The Hall–Kier alpha value is -9.51. The summed E-state index contributed by atoms with van der Waals surface area (Å²) < 4.78 is 28.2. The van der Waals surface area contributed by atoms with E-state index >= 15 is 0 Å². The lowest BCUT2D eigenvalue weighted by atomic mass is 9.70. The van der Waals surface area contributed by atoms with Crippen LogP contribution in [0.15, 0.2) is 127 Å². The molecule has 3 N–H and O–H groups in total. The van der Waals surface area contributed by atoms with Crippen LogP contribution >= 0.6 is 0 Å². The highest BCUT2D eigenvalue weighted by molar-refractivity contribution is 5.99. The first-order valence-corrected chi connectivity index (χ1v) is 42.8. The van der Waals surface area contributed by atoms with Crippen LogP contribution in [0.3, 0.4) is 0 Å². The lowest BCUT2D eigenvalue weighted by molar-refractivity contribution is 0.0696. The van der Waals surface area contributed by atoms with Gasteiger partial charge in [0, 0.05) is 38.7 Å². The van der Waals surface area contributed by atoms with Crippen LogP contribution in [0.2, 0.25) is 0 Å². The summed E-state index contributed by atoms with van der Waals surface area (Å²) in [5.74, 6) is 16.7. The van der Waals surface area contributed by atoms with Crippen molar-refractivity contribution in [3.8, 4) is 80.1 Å². The van der Waals surface area contributed by atoms with E-state index < -0.39 is 5.97 Å². The van der Waals surface area contributed by atoms with Crippen molar-refractivity contribution in [1.29, 1.82) is 0 Å². The maximum Gasteiger partial charge on any atom is 0.335 e. The smallest absolute Gasteiger partial charge is 0.335 e.